The molecule has 2 atom stereocenters. The Morgan fingerprint density at radius 2 is 2.00 bits per heavy atom. The van der Waals surface area contributed by atoms with Crippen LogP contribution in [0.15, 0.2) is 42.0 Å². The molecule has 2 aliphatic heterocycles. The molecule has 1 aromatic heterocycles. The lowest BCUT2D eigenvalue weighted by Crippen LogP contribution is -2.29. The largest absolute Gasteiger partial charge is 0.507 e. The van der Waals surface area contributed by atoms with E-state index in [-0.39, 0.29) is 22.6 Å². The predicted octanol–water partition coefficient (Wildman–Crippen LogP) is 4.20. The number of aliphatic hydroxyl groups excluding tert-OH is 1. The van der Waals surface area contributed by atoms with Crippen molar-refractivity contribution in [2.75, 3.05) is 18.6 Å². The molecule has 2 aliphatic rings. The molecular weight excluding hydrogens is 482 g/mol. The number of nitrogens with zero attached hydrogens (tertiary/aromatic N) is 3. The second-order valence-electron chi connectivity index (χ2n) is 8.57. The zero-order chi connectivity index (χ0) is 25.6. The number of methoxy groups -OCH3 is 1. The Morgan fingerprint density at radius 3 is 2.69 bits per heavy atom. The number of rotatable bonds is 6. The molecule has 0 aliphatic carbocycles. The van der Waals surface area contributed by atoms with Gasteiger partial charge in [0.25, 0.3) is 5.78 Å². The number of anilines is 1. The van der Waals surface area contributed by atoms with Gasteiger partial charge in [-0.05, 0) is 62.2 Å². The van der Waals surface area contributed by atoms with Crippen LogP contribution in [-0.4, -0.2) is 46.8 Å². The van der Waals surface area contributed by atoms with E-state index in [1.807, 2.05) is 13.8 Å². The number of aryl methyl sites for hydroxylation is 1. The number of ether oxygens (including phenoxy) is 3. The van der Waals surface area contributed by atoms with E-state index in [4.69, 9.17) is 14.2 Å². The van der Waals surface area contributed by atoms with E-state index < -0.39 is 17.7 Å². The standard InChI is InChI=1S/C26H25N3O6S/c1-5-34-19-9-6-15(12-20(19)33-4)22-21(24(31)25(32)29(22)26-28-27-14(3)36-26)23(30)16-7-8-18-17(11-16)10-13(2)35-18/h6-9,11-13,22,30H,5,10H2,1-4H3/t13-,22-/m1/s1. The average molecular weight is 508 g/mol. The van der Waals surface area contributed by atoms with Crippen LogP contribution in [0.4, 0.5) is 5.13 Å². The highest BCUT2D eigenvalue weighted by molar-refractivity contribution is 7.15. The van der Waals surface area contributed by atoms with Crippen molar-refractivity contribution in [1.82, 2.24) is 10.2 Å². The fourth-order valence-corrected chi connectivity index (χ4v) is 5.30. The van der Waals surface area contributed by atoms with Gasteiger partial charge in [0, 0.05) is 12.0 Å². The number of aliphatic hydroxyl groups is 1. The lowest BCUT2D eigenvalue weighted by Gasteiger charge is -2.23. The number of ketones is 1. The van der Waals surface area contributed by atoms with Gasteiger partial charge in [0.05, 0.1) is 25.3 Å². The Kier molecular flexibility index (Phi) is 6.13. The van der Waals surface area contributed by atoms with Crippen LogP contribution >= 0.6 is 11.3 Å². The Labute approximate surface area is 211 Å². The summed E-state index contributed by atoms with van der Waals surface area (Å²) in [5.41, 5.74) is 1.88. The molecule has 1 amide bonds. The highest BCUT2D eigenvalue weighted by Gasteiger charge is 2.48. The number of benzene rings is 2. The maximum Gasteiger partial charge on any atom is 0.301 e. The summed E-state index contributed by atoms with van der Waals surface area (Å²) >= 11 is 1.19. The lowest BCUT2D eigenvalue weighted by atomic mass is 9.94. The van der Waals surface area contributed by atoms with Crippen LogP contribution < -0.4 is 19.1 Å². The number of fused-ring (bicyclic) bond motifs is 1. The molecular formula is C26H25N3O6S. The topological polar surface area (TPSA) is 111 Å². The number of aromatic nitrogens is 2. The van der Waals surface area contributed by atoms with Crippen molar-refractivity contribution in [3.05, 3.63) is 63.7 Å². The van der Waals surface area contributed by atoms with Crippen molar-refractivity contribution in [3.63, 3.8) is 0 Å². The van der Waals surface area contributed by atoms with Crippen molar-refractivity contribution in [1.29, 1.82) is 0 Å². The van der Waals surface area contributed by atoms with Gasteiger partial charge in [-0.1, -0.05) is 17.4 Å². The van der Waals surface area contributed by atoms with Crippen LogP contribution in [0, 0.1) is 6.92 Å². The third-order valence-corrected chi connectivity index (χ3v) is 6.98. The zero-order valence-corrected chi connectivity index (χ0v) is 21.1. The minimum Gasteiger partial charge on any atom is -0.507 e. The van der Waals surface area contributed by atoms with Gasteiger partial charge >= 0.3 is 5.91 Å². The number of carbonyl (C=O) groups is 2. The maximum absolute atomic E-state index is 13.4. The van der Waals surface area contributed by atoms with Crippen LogP contribution in [0.3, 0.4) is 0 Å². The summed E-state index contributed by atoms with van der Waals surface area (Å²) in [6.07, 6.45) is 0.717. The highest BCUT2D eigenvalue weighted by Crippen LogP contribution is 2.45. The van der Waals surface area contributed by atoms with E-state index in [1.165, 1.54) is 23.3 Å². The number of hydrogen-bond donors (Lipinski definition) is 1. The van der Waals surface area contributed by atoms with Gasteiger partial charge in [0.15, 0.2) is 11.5 Å². The van der Waals surface area contributed by atoms with Crippen molar-refractivity contribution in [3.8, 4) is 17.2 Å². The first-order chi connectivity index (χ1) is 17.3. The molecule has 36 heavy (non-hydrogen) atoms. The van der Waals surface area contributed by atoms with Crippen molar-refractivity contribution < 1.29 is 28.9 Å². The minimum absolute atomic E-state index is 0.0277. The van der Waals surface area contributed by atoms with Crippen molar-refractivity contribution in [2.24, 2.45) is 0 Å². The van der Waals surface area contributed by atoms with E-state index in [1.54, 1.807) is 43.3 Å². The van der Waals surface area contributed by atoms with Gasteiger partial charge in [-0.15, -0.1) is 10.2 Å². The molecule has 1 fully saturated rings. The highest BCUT2D eigenvalue weighted by atomic mass is 32.1. The van der Waals surface area contributed by atoms with Gasteiger partial charge in [-0.3, -0.25) is 14.5 Å². The molecule has 1 saturated heterocycles. The molecule has 3 heterocycles. The molecule has 10 heteroatoms. The summed E-state index contributed by atoms with van der Waals surface area (Å²) in [4.78, 5) is 27.9. The van der Waals surface area contributed by atoms with Crippen LogP contribution in [0.25, 0.3) is 5.76 Å². The molecule has 9 nitrogen and oxygen atoms in total. The Bertz CT molecular complexity index is 1400. The molecule has 5 rings (SSSR count). The fraction of sp³-hybridized carbons (Fsp3) is 0.308. The van der Waals surface area contributed by atoms with E-state index >= 15 is 0 Å². The Balaban J connectivity index is 1.69. The van der Waals surface area contributed by atoms with E-state index in [0.717, 1.165) is 11.3 Å². The summed E-state index contributed by atoms with van der Waals surface area (Å²) in [6.45, 7) is 6.04. The molecule has 0 bridgehead atoms. The second kappa shape index (κ2) is 9.27. The molecule has 0 radical (unpaired) electrons. The van der Waals surface area contributed by atoms with Gasteiger partial charge in [-0.2, -0.15) is 0 Å². The fourth-order valence-electron chi connectivity index (χ4n) is 4.58. The molecule has 0 unspecified atom stereocenters. The first-order valence-electron chi connectivity index (χ1n) is 11.5. The molecule has 1 N–H and O–H groups in total. The summed E-state index contributed by atoms with van der Waals surface area (Å²) in [7, 11) is 1.51. The van der Waals surface area contributed by atoms with Gasteiger partial charge in [0.2, 0.25) is 5.13 Å². The van der Waals surface area contributed by atoms with Crippen LogP contribution in [0.2, 0.25) is 0 Å². The molecule has 0 saturated carbocycles. The number of carbonyl (C=O) groups excluding carboxylic acids is 2. The monoisotopic (exact) mass is 507 g/mol. The second-order valence-corrected chi connectivity index (χ2v) is 9.73. The quantitative estimate of drug-likeness (QED) is 0.300. The number of Topliss-reactive ketones (excluding diaryl/α,β-unsaturated/α-hetero) is 1. The Hall–Kier alpha value is -3.92. The smallest absolute Gasteiger partial charge is 0.301 e. The van der Waals surface area contributed by atoms with Gasteiger partial charge in [-0.25, -0.2) is 0 Å². The first-order valence-corrected chi connectivity index (χ1v) is 12.4. The van der Waals surface area contributed by atoms with Crippen LogP contribution in [-0.2, 0) is 16.0 Å². The zero-order valence-electron chi connectivity index (χ0n) is 20.3. The SMILES string of the molecule is CCOc1ccc([C@@H]2C(=C(O)c3ccc4c(c3)C[C@@H](C)O4)C(=O)C(=O)N2c2nnc(C)s2)cc1OC. The summed E-state index contributed by atoms with van der Waals surface area (Å²) in [5.74, 6) is -0.141. The normalized spacial score (nSPS) is 20.4. The number of hydrogen-bond acceptors (Lipinski definition) is 9. The van der Waals surface area contributed by atoms with Gasteiger partial charge in [0.1, 0.15) is 22.6 Å². The van der Waals surface area contributed by atoms with Crippen LogP contribution in [0.1, 0.15) is 41.6 Å². The van der Waals surface area contributed by atoms with E-state index in [2.05, 4.69) is 10.2 Å². The number of amides is 1. The third-order valence-electron chi connectivity index (χ3n) is 6.14. The van der Waals surface area contributed by atoms with Crippen LogP contribution in [0.5, 0.6) is 17.2 Å². The summed E-state index contributed by atoms with van der Waals surface area (Å²) in [5, 5.41) is 20.5. The average Bonchev–Trinajstić information content (AvgIpc) is 3.53. The predicted molar refractivity (Wildman–Crippen MR) is 134 cm³/mol. The van der Waals surface area contributed by atoms with Crippen molar-refractivity contribution in [2.45, 2.75) is 39.3 Å². The summed E-state index contributed by atoms with van der Waals surface area (Å²) < 4.78 is 16.9. The molecule has 2 aromatic carbocycles. The third kappa shape index (κ3) is 3.97. The maximum atomic E-state index is 13.4. The van der Waals surface area contributed by atoms with Crippen molar-refractivity contribution >= 4 is 33.9 Å². The molecule has 3 aromatic rings. The van der Waals surface area contributed by atoms with E-state index in [0.29, 0.717) is 40.7 Å². The molecule has 0 spiro atoms. The first kappa shape index (κ1) is 23.8. The lowest BCUT2D eigenvalue weighted by molar-refractivity contribution is -0.132. The molecule has 186 valence electrons. The summed E-state index contributed by atoms with van der Waals surface area (Å²) in [6, 6.07) is 9.48. The minimum atomic E-state index is -0.939. The van der Waals surface area contributed by atoms with Gasteiger partial charge < -0.3 is 19.3 Å². The van der Waals surface area contributed by atoms with E-state index in [9.17, 15) is 14.7 Å². The Morgan fingerprint density at radius 1 is 1.19 bits per heavy atom.